The molecular formula is C55H32N4OS. The highest BCUT2D eigenvalue weighted by Crippen LogP contribution is 2.44. The molecule has 5 nitrogen and oxygen atoms in total. The molecule has 0 saturated carbocycles. The second kappa shape index (κ2) is 13.3. The van der Waals surface area contributed by atoms with E-state index in [4.69, 9.17) is 19.4 Å². The Labute approximate surface area is 353 Å². The van der Waals surface area contributed by atoms with Gasteiger partial charge in [-0.3, -0.25) is 0 Å². The number of hydrogen-bond donors (Lipinski definition) is 0. The van der Waals surface area contributed by atoms with Gasteiger partial charge in [0.2, 0.25) is 0 Å². The zero-order chi connectivity index (χ0) is 40.0. The fraction of sp³-hybridized carbons (Fsp3) is 0. The van der Waals surface area contributed by atoms with Crippen molar-refractivity contribution >= 4 is 86.0 Å². The summed E-state index contributed by atoms with van der Waals surface area (Å²) >= 11 is 1.78. The summed E-state index contributed by atoms with van der Waals surface area (Å²) in [5.41, 5.74) is 9.65. The third-order valence-electron chi connectivity index (χ3n) is 12.1. The van der Waals surface area contributed by atoms with Crippen LogP contribution in [-0.2, 0) is 0 Å². The van der Waals surface area contributed by atoms with Crippen LogP contribution in [-0.4, -0.2) is 19.5 Å². The molecule has 6 heteroatoms. The highest BCUT2D eigenvalue weighted by atomic mass is 32.1. The molecule has 0 aliphatic heterocycles. The summed E-state index contributed by atoms with van der Waals surface area (Å²) in [4.78, 5) is 16.1. The van der Waals surface area contributed by atoms with Crippen molar-refractivity contribution in [3.63, 3.8) is 0 Å². The molecule has 13 aromatic rings. The highest BCUT2D eigenvalue weighted by molar-refractivity contribution is 7.26. The van der Waals surface area contributed by atoms with Crippen molar-refractivity contribution in [2.45, 2.75) is 0 Å². The number of thiophene rings is 1. The lowest BCUT2D eigenvalue weighted by Crippen LogP contribution is -2.04. The Morgan fingerprint density at radius 2 is 1.03 bits per heavy atom. The van der Waals surface area contributed by atoms with Crippen molar-refractivity contribution in [2.75, 3.05) is 0 Å². The Bertz CT molecular complexity index is 3880. The predicted molar refractivity (Wildman–Crippen MR) is 254 cm³/mol. The van der Waals surface area contributed by atoms with Crippen molar-refractivity contribution in [3.05, 3.63) is 194 Å². The van der Waals surface area contributed by atoms with Gasteiger partial charge in [0.25, 0.3) is 0 Å². The number of hydrogen-bond acceptors (Lipinski definition) is 5. The normalized spacial score (nSPS) is 11.9. The van der Waals surface area contributed by atoms with Gasteiger partial charge in [0, 0.05) is 58.4 Å². The van der Waals surface area contributed by atoms with Crippen molar-refractivity contribution in [2.24, 2.45) is 0 Å². The fourth-order valence-electron chi connectivity index (χ4n) is 9.18. The molecule has 0 saturated heterocycles. The summed E-state index contributed by atoms with van der Waals surface area (Å²) < 4.78 is 11.7. The molecule has 13 rings (SSSR count). The summed E-state index contributed by atoms with van der Waals surface area (Å²) in [7, 11) is 0. The van der Waals surface area contributed by atoms with Crippen LogP contribution < -0.4 is 0 Å². The van der Waals surface area contributed by atoms with Gasteiger partial charge in [0.05, 0.1) is 11.0 Å². The van der Waals surface area contributed by atoms with Crippen LogP contribution in [0.15, 0.2) is 199 Å². The van der Waals surface area contributed by atoms with E-state index in [0.717, 1.165) is 81.9 Å². The summed E-state index contributed by atoms with van der Waals surface area (Å²) in [6.07, 6.45) is 0. The van der Waals surface area contributed by atoms with Gasteiger partial charge in [-0.1, -0.05) is 146 Å². The van der Waals surface area contributed by atoms with Gasteiger partial charge < -0.3 is 8.98 Å². The van der Waals surface area contributed by atoms with Crippen LogP contribution in [0.3, 0.4) is 0 Å². The first-order valence-corrected chi connectivity index (χ1v) is 21.2. The largest absolute Gasteiger partial charge is 0.454 e. The smallest absolute Gasteiger partial charge is 0.166 e. The molecule has 0 unspecified atom stereocenters. The fourth-order valence-corrected chi connectivity index (χ4v) is 10.4. The van der Waals surface area contributed by atoms with Gasteiger partial charge in [0.1, 0.15) is 11.3 Å². The van der Waals surface area contributed by atoms with Crippen LogP contribution in [0.25, 0.3) is 126 Å². The number of benzene rings is 9. The van der Waals surface area contributed by atoms with Gasteiger partial charge >= 0.3 is 0 Å². The van der Waals surface area contributed by atoms with Crippen LogP contribution in [0, 0.1) is 0 Å². The molecule has 284 valence electrons. The van der Waals surface area contributed by atoms with Crippen molar-refractivity contribution in [1.82, 2.24) is 19.5 Å². The van der Waals surface area contributed by atoms with Crippen LogP contribution in [0.2, 0.25) is 0 Å². The molecule has 0 atom stereocenters. The minimum atomic E-state index is 0.564. The molecule has 0 amide bonds. The summed E-state index contributed by atoms with van der Waals surface area (Å²) in [6.45, 7) is 0. The maximum Gasteiger partial charge on any atom is 0.166 e. The molecule has 4 aromatic heterocycles. The number of furan rings is 1. The number of nitrogens with zero attached hydrogens (tertiary/aromatic N) is 4. The first kappa shape index (κ1) is 34.0. The summed E-state index contributed by atoms with van der Waals surface area (Å²) in [5.74, 6) is 1.78. The van der Waals surface area contributed by atoms with Gasteiger partial charge in [0.15, 0.2) is 23.1 Å². The number of para-hydroxylation sites is 2. The van der Waals surface area contributed by atoms with E-state index in [1.807, 2.05) is 18.2 Å². The Kier molecular flexibility index (Phi) is 7.41. The first-order valence-electron chi connectivity index (χ1n) is 20.4. The van der Waals surface area contributed by atoms with E-state index >= 15 is 0 Å². The minimum absolute atomic E-state index is 0.564. The predicted octanol–water partition coefficient (Wildman–Crippen LogP) is 15.1. The zero-order valence-corrected chi connectivity index (χ0v) is 33.4. The maximum atomic E-state index is 6.94. The number of fused-ring (bicyclic) bond motifs is 10. The average Bonchev–Trinajstić information content (AvgIpc) is 4.00. The van der Waals surface area contributed by atoms with Crippen molar-refractivity contribution in [3.8, 4) is 51.0 Å². The van der Waals surface area contributed by atoms with Gasteiger partial charge in [-0.25, -0.2) is 15.0 Å². The summed E-state index contributed by atoms with van der Waals surface area (Å²) in [6, 6.07) is 68.4. The highest BCUT2D eigenvalue weighted by Gasteiger charge is 2.25. The average molecular weight is 797 g/mol. The quantitative estimate of drug-likeness (QED) is 0.174. The lowest BCUT2D eigenvalue weighted by Gasteiger charge is -2.15. The Morgan fingerprint density at radius 1 is 0.393 bits per heavy atom. The van der Waals surface area contributed by atoms with E-state index in [-0.39, 0.29) is 0 Å². The van der Waals surface area contributed by atoms with E-state index in [0.29, 0.717) is 17.5 Å². The van der Waals surface area contributed by atoms with Crippen molar-refractivity contribution in [1.29, 1.82) is 0 Å². The summed E-state index contributed by atoms with van der Waals surface area (Å²) in [5, 5.41) is 9.20. The molecule has 9 aromatic carbocycles. The van der Waals surface area contributed by atoms with Crippen LogP contribution in [0.5, 0.6) is 0 Å². The Balaban J connectivity index is 1.13. The van der Waals surface area contributed by atoms with E-state index in [1.54, 1.807) is 11.3 Å². The molecule has 0 N–H and O–H groups in total. The second-order valence-electron chi connectivity index (χ2n) is 15.5. The molecular weight excluding hydrogens is 765 g/mol. The molecule has 0 radical (unpaired) electrons. The molecule has 4 heterocycles. The second-order valence-corrected chi connectivity index (χ2v) is 16.6. The van der Waals surface area contributed by atoms with Gasteiger partial charge in [-0.2, -0.15) is 0 Å². The number of aromatic nitrogens is 4. The van der Waals surface area contributed by atoms with Crippen LogP contribution in [0.4, 0.5) is 0 Å². The molecule has 61 heavy (non-hydrogen) atoms. The lowest BCUT2D eigenvalue weighted by atomic mass is 10.0. The van der Waals surface area contributed by atoms with Crippen LogP contribution in [0.1, 0.15) is 0 Å². The molecule has 0 aliphatic rings. The standard InChI is InChI=1S/C55H32N4OS/c1-2-13-33(14-3-1)34-25-27-35(28-26-34)53-56-54(58-55(57-53)44-21-12-20-42-40-19-8-11-24-49(40)61-52(42)44)43-30-29-41-39-18-7-10-23-48(39)60-51(41)50(43)59-46-22-9-6-17-38(46)45-31-36-15-4-5-16-37(36)32-47(45)59/h1-32H. The SMILES string of the molecule is c1ccc(-c2ccc(-c3nc(-c4ccc5c(oc6ccccc65)c4-n4c5ccccc5c5cc6ccccc6cc54)nc(-c4cccc5c4sc4ccccc45)n3)cc2)cc1. The lowest BCUT2D eigenvalue weighted by molar-refractivity contribution is 0.666. The Morgan fingerprint density at radius 3 is 1.89 bits per heavy atom. The molecule has 0 aliphatic carbocycles. The van der Waals surface area contributed by atoms with E-state index in [2.05, 4.69) is 180 Å². The third kappa shape index (κ3) is 5.29. The Hall–Kier alpha value is -7.93. The van der Waals surface area contributed by atoms with E-state index in [9.17, 15) is 0 Å². The topological polar surface area (TPSA) is 56.7 Å². The van der Waals surface area contributed by atoms with Gasteiger partial charge in [-0.15, -0.1) is 11.3 Å². The van der Waals surface area contributed by atoms with E-state index < -0.39 is 0 Å². The maximum absolute atomic E-state index is 6.94. The monoisotopic (exact) mass is 796 g/mol. The molecule has 0 spiro atoms. The van der Waals surface area contributed by atoms with Gasteiger partial charge in [-0.05, 0) is 70.4 Å². The molecule has 0 fully saturated rings. The third-order valence-corrected chi connectivity index (χ3v) is 13.3. The number of rotatable bonds is 5. The van der Waals surface area contributed by atoms with Crippen molar-refractivity contribution < 1.29 is 4.42 Å². The molecule has 0 bridgehead atoms. The minimum Gasteiger partial charge on any atom is -0.454 e. The first-order chi connectivity index (χ1) is 30.2. The zero-order valence-electron chi connectivity index (χ0n) is 32.6. The van der Waals surface area contributed by atoms with Crippen LogP contribution >= 0.6 is 11.3 Å². The van der Waals surface area contributed by atoms with E-state index in [1.165, 1.54) is 26.2 Å².